The highest BCUT2D eigenvalue weighted by atomic mass is 19.1. The van der Waals surface area contributed by atoms with Gasteiger partial charge in [0.1, 0.15) is 11.7 Å². The van der Waals surface area contributed by atoms with Crippen LogP contribution in [0.1, 0.15) is 85.1 Å². The number of hydrogen-bond acceptors (Lipinski definition) is 4. The van der Waals surface area contributed by atoms with Gasteiger partial charge in [0, 0.05) is 25.2 Å². The van der Waals surface area contributed by atoms with Crippen LogP contribution >= 0.6 is 0 Å². The van der Waals surface area contributed by atoms with Gasteiger partial charge >= 0.3 is 0 Å². The molecule has 1 aliphatic heterocycles. The van der Waals surface area contributed by atoms with E-state index in [9.17, 15) is 4.39 Å². The summed E-state index contributed by atoms with van der Waals surface area (Å²) in [7, 11) is 1.49. The molecule has 1 heterocycles. The van der Waals surface area contributed by atoms with Crippen molar-refractivity contribution in [1.29, 1.82) is 0 Å². The summed E-state index contributed by atoms with van der Waals surface area (Å²) in [5, 5.41) is 3.51. The zero-order chi connectivity index (χ0) is 25.9. The number of amidine groups is 1. The van der Waals surface area contributed by atoms with Crippen LogP contribution in [-0.4, -0.2) is 61.0 Å². The molecule has 0 amide bonds. The number of hydrogen-bond donors (Lipinski definition) is 1. The zero-order valence-electron chi connectivity index (χ0n) is 23.0. The largest absolute Gasteiger partial charge is 0.494 e. The average Bonchev–Trinajstić information content (AvgIpc) is 3.16. The molecule has 2 fully saturated rings. The molecule has 0 radical (unpaired) electrons. The summed E-state index contributed by atoms with van der Waals surface area (Å²) < 4.78 is 19.3. The average molecular weight is 515 g/mol. The Morgan fingerprint density at radius 2 is 1.92 bits per heavy atom. The minimum atomic E-state index is -0.323. The molecule has 1 aliphatic carbocycles. The molecule has 0 bridgehead atoms. The van der Waals surface area contributed by atoms with Crippen molar-refractivity contribution in [3.05, 3.63) is 53.6 Å². The van der Waals surface area contributed by atoms with Gasteiger partial charge in [0.05, 0.1) is 7.11 Å². The maximum absolute atomic E-state index is 14.3. The molecular formula is C31H51FN4O. The third-order valence-corrected chi connectivity index (χ3v) is 7.67. The lowest BCUT2D eigenvalue weighted by atomic mass is 10.0. The summed E-state index contributed by atoms with van der Waals surface area (Å²) in [6.45, 7) is 14.9. The fraction of sp³-hybridized carbons (Fsp3) is 0.645. The van der Waals surface area contributed by atoms with Gasteiger partial charge in [0.15, 0.2) is 11.6 Å². The standard InChI is InChI=1S/C30H47FN4O.CH4/c1-6-34-18-12-15-27(34)22-32-24(4)33-30(35(7-2)26-13-10-8-9-11-14-26)20-23(3)19-25-16-17-29(36-5)28(31)21-25;/h16-17,20-21,26-27,32H,4,6-15,18-19,22H2,1-3,5H3;1H4/b23-20+,33-30+;. The van der Waals surface area contributed by atoms with Gasteiger partial charge in [-0.25, -0.2) is 9.38 Å². The molecule has 1 atom stereocenters. The first kappa shape index (κ1) is 30.9. The van der Waals surface area contributed by atoms with E-state index in [1.807, 2.05) is 6.07 Å². The number of aliphatic imine (C=N–C) groups is 1. The van der Waals surface area contributed by atoms with Crippen LogP contribution in [0.25, 0.3) is 0 Å². The Hall–Kier alpha value is -2.34. The van der Waals surface area contributed by atoms with Crippen LogP contribution in [0.2, 0.25) is 0 Å². The Kier molecular flexibility index (Phi) is 13.2. The highest BCUT2D eigenvalue weighted by Gasteiger charge is 2.24. The summed E-state index contributed by atoms with van der Waals surface area (Å²) >= 11 is 0. The van der Waals surface area contributed by atoms with Gasteiger partial charge in [-0.05, 0) is 82.8 Å². The monoisotopic (exact) mass is 514 g/mol. The van der Waals surface area contributed by atoms with E-state index in [1.165, 1.54) is 65.0 Å². The van der Waals surface area contributed by atoms with Gasteiger partial charge in [-0.1, -0.05) is 58.3 Å². The second-order valence-corrected chi connectivity index (χ2v) is 10.3. The topological polar surface area (TPSA) is 40.1 Å². The van der Waals surface area contributed by atoms with E-state index in [0.717, 1.165) is 42.4 Å². The molecule has 208 valence electrons. The molecular weight excluding hydrogens is 463 g/mol. The number of nitrogens with one attached hydrogen (secondary N) is 1. The first-order chi connectivity index (χ1) is 17.4. The Balaban J connectivity index is 0.00000481. The van der Waals surface area contributed by atoms with Crippen LogP contribution in [0.15, 0.2) is 47.2 Å². The van der Waals surface area contributed by atoms with E-state index in [1.54, 1.807) is 12.1 Å². The van der Waals surface area contributed by atoms with E-state index in [4.69, 9.17) is 9.73 Å². The number of rotatable bonds is 11. The second kappa shape index (κ2) is 15.8. The number of likely N-dealkylation sites (N-methyl/N-ethyl adjacent to an activating group) is 2. The van der Waals surface area contributed by atoms with Crippen LogP contribution in [0, 0.1) is 5.82 Å². The highest BCUT2D eigenvalue weighted by molar-refractivity contribution is 5.94. The smallest absolute Gasteiger partial charge is 0.165 e. The Morgan fingerprint density at radius 1 is 1.19 bits per heavy atom. The van der Waals surface area contributed by atoms with E-state index >= 15 is 0 Å². The fourth-order valence-electron chi connectivity index (χ4n) is 5.73. The predicted octanol–water partition coefficient (Wildman–Crippen LogP) is 6.95. The Bertz CT molecular complexity index is 904. The van der Waals surface area contributed by atoms with Crippen molar-refractivity contribution < 1.29 is 9.13 Å². The molecule has 3 rings (SSSR count). The summed E-state index contributed by atoms with van der Waals surface area (Å²) in [4.78, 5) is 10.0. The van der Waals surface area contributed by atoms with Gasteiger partial charge in [0.25, 0.3) is 0 Å². The quantitative estimate of drug-likeness (QED) is 0.197. The van der Waals surface area contributed by atoms with Crippen LogP contribution in [0.5, 0.6) is 5.75 Å². The summed E-state index contributed by atoms with van der Waals surface area (Å²) in [6, 6.07) is 6.25. The van der Waals surface area contributed by atoms with E-state index in [0.29, 0.717) is 18.5 Å². The fourth-order valence-corrected chi connectivity index (χ4v) is 5.73. The molecule has 1 aromatic carbocycles. The second-order valence-electron chi connectivity index (χ2n) is 10.3. The van der Waals surface area contributed by atoms with Crippen LogP contribution in [0.3, 0.4) is 0 Å². The molecule has 0 spiro atoms. The lowest BCUT2D eigenvalue weighted by Gasteiger charge is -2.32. The van der Waals surface area contributed by atoms with Crippen LogP contribution in [0.4, 0.5) is 4.39 Å². The minimum absolute atomic E-state index is 0. The SMILES string of the molecule is C.C=C(/N=C(\C=C(/C)Cc1ccc(OC)c(F)c1)N(CC)C1CCCCCC1)NCC1CCCN1CC. The first-order valence-electron chi connectivity index (χ1n) is 14.0. The minimum Gasteiger partial charge on any atom is -0.494 e. The maximum atomic E-state index is 14.3. The number of methoxy groups -OCH3 is 1. The van der Waals surface area contributed by atoms with Crippen LogP contribution in [-0.2, 0) is 6.42 Å². The molecule has 1 saturated heterocycles. The molecule has 1 N–H and O–H groups in total. The predicted molar refractivity (Wildman–Crippen MR) is 156 cm³/mol. The van der Waals surface area contributed by atoms with Gasteiger partial charge in [-0.2, -0.15) is 0 Å². The Morgan fingerprint density at radius 3 is 2.54 bits per heavy atom. The zero-order valence-corrected chi connectivity index (χ0v) is 23.0. The Labute approximate surface area is 225 Å². The molecule has 0 aromatic heterocycles. The van der Waals surface area contributed by atoms with Crippen molar-refractivity contribution in [3.63, 3.8) is 0 Å². The summed E-state index contributed by atoms with van der Waals surface area (Å²) in [5.74, 6) is 1.64. The molecule has 1 saturated carbocycles. The first-order valence-corrected chi connectivity index (χ1v) is 14.0. The van der Waals surface area contributed by atoms with E-state index in [-0.39, 0.29) is 19.0 Å². The molecule has 37 heavy (non-hydrogen) atoms. The van der Waals surface area contributed by atoms with Gasteiger partial charge in [0.2, 0.25) is 0 Å². The lowest BCUT2D eigenvalue weighted by molar-refractivity contribution is 0.264. The molecule has 1 unspecified atom stereocenters. The van der Waals surface area contributed by atoms with Crippen molar-refractivity contribution in [3.8, 4) is 5.75 Å². The van der Waals surface area contributed by atoms with E-state index in [2.05, 4.69) is 48.5 Å². The normalized spacial score (nSPS) is 19.8. The number of benzene rings is 1. The lowest BCUT2D eigenvalue weighted by Crippen LogP contribution is -2.40. The maximum Gasteiger partial charge on any atom is 0.165 e. The van der Waals surface area contributed by atoms with Crippen molar-refractivity contribution in [2.45, 2.75) is 98.1 Å². The number of allylic oxidation sites excluding steroid dienone is 1. The molecule has 2 aliphatic rings. The molecule has 6 heteroatoms. The third-order valence-electron chi connectivity index (χ3n) is 7.67. The highest BCUT2D eigenvalue weighted by Crippen LogP contribution is 2.24. The van der Waals surface area contributed by atoms with Gasteiger partial charge < -0.3 is 15.0 Å². The summed E-state index contributed by atoms with van der Waals surface area (Å²) in [6.07, 6.45) is 12.9. The van der Waals surface area contributed by atoms with Gasteiger partial charge in [-0.3, -0.25) is 4.90 Å². The van der Waals surface area contributed by atoms with Crippen molar-refractivity contribution in [2.75, 3.05) is 33.3 Å². The van der Waals surface area contributed by atoms with Crippen molar-refractivity contribution in [1.82, 2.24) is 15.1 Å². The van der Waals surface area contributed by atoms with Crippen molar-refractivity contribution >= 4 is 5.84 Å². The van der Waals surface area contributed by atoms with E-state index < -0.39 is 0 Å². The number of halogens is 1. The van der Waals surface area contributed by atoms with Crippen LogP contribution < -0.4 is 10.1 Å². The third kappa shape index (κ3) is 9.17. The molecule has 5 nitrogen and oxygen atoms in total. The molecule has 1 aromatic rings. The number of likely N-dealkylation sites (tertiary alicyclic amines) is 1. The number of ether oxygens (including phenoxy) is 1. The summed E-state index contributed by atoms with van der Waals surface area (Å²) in [5.41, 5.74) is 2.07. The number of nitrogens with zero attached hydrogens (tertiary/aromatic N) is 3. The van der Waals surface area contributed by atoms with Gasteiger partial charge in [-0.15, -0.1) is 0 Å². The van der Waals surface area contributed by atoms with Crippen molar-refractivity contribution in [2.24, 2.45) is 4.99 Å².